The number of halogens is 2. The van der Waals surface area contributed by atoms with Gasteiger partial charge < -0.3 is 10.2 Å². The van der Waals surface area contributed by atoms with Crippen LogP contribution in [0.5, 0.6) is 0 Å². The Balaban J connectivity index is 2.08. The van der Waals surface area contributed by atoms with Crippen LogP contribution in [0.4, 0.5) is 5.69 Å². The highest BCUT2D eigenvalue weighted by Gasteiger charge is 2.33. The van der Waals surface area contributed by atoms with Gasteiger partial charge in [-0.1, -0.05) is 99.4 Å². The molecular weight excluding hydrogens is 593 g/mol. The van der Waals surface area contributed by atoms with Crippen LogP contribution >= 0.6 is 23.2 Å². The molecule has 0 spiro atoms. The number of anilines is 1. The van der Waals surface area contributed by atoms with E-state index in [1.165, 1.54) is 4.90 Å². The van der Waals surface area contributed by atoms with Crippen molar-refractivity contribution in [3.05, 3.63) is 99.5 Å². The Hall–Kier alpha value is -3.07. The fourth-order valence-electron chi connectivity index (χ4n) is 4.47. The van der Waals surface area contributed by atoms with Crippen molar-refractivity contribution in [2.45, 2.75) is 52.6 Å². The van der Waals surface area contributed by atoms with E-state index in [0.29, 0.717) is 27.8 Å². The molecule has 226 valence electrons. The lowest BCUT2D eigenvalue weighted by Gasteiger charge is -2.34. The third kappa shape index (κ3) is 9.21. The zero-order valence-electron chi connectivity index (χ0n) is 24.7. The number of benzene rings is 3. The molecular formula is C32H39Cl2N3O4S. The summed E-state index contributed by atoms with van der Waals surface area (Å²) in [5.74, 6) is -0.476. The standard InChI is InChI=1S/C32H39Cl2N3O4S/c1-22(2)19-35-32(39)30(18-24-10-7-6-8-11-24)36(20-27-28(33)12-9-13-29(27)34)31(38)21-37(42(5,40)41)26-16-14-25(15-17-26)23(3)4/h6-17,22-23,30H,18-21H2,1-5H3,(H,35,39). The lowest BCUT2D eigenvalue weighted by atomic mass is 10.0. The van der Waals surface area contributed by atoms with Crippen LogP contribution in [0.1, 0.15) is 50.3 Å². The number of carbonyl (C=O) groups excluding carboxylic acids is 2. The number of hydrogen-bond acceptors (Lipinski definition) is 4. The first kappa shape index (κ1) is 33.4. The fourth-order valence-corrected chi connectivity index (χ4v) is 5.84. The minimum Gasteiger partial charge on any atom is -0.354 e. The first-order chi connectivity index (χ1) is 19.8. The molecule has 0 heterocycles. The molecule has 0 aliphatic carbocycles. The molecule has 0 aliphatic heterocycles. The number of hydrogen-bond donors (Lipinski definition) is 1. The molecule has 0 bridgehead atoms. The van der Waals surface area contributed by atoms with E-state index in [4.69, 9.17) is 23.2 Å². The molecule has 3 aromatic carbocycles. The predicted molar refractivity (Wildman–Crippen MR) is 172 cm³/mol. The number of carbonyl (C=O) groups is 2. The van der Waals surface area contributed by atoms with Crippen molar-refractivity contribution in [2.75, 3.05) is 23.7 Å². The highest BCUT2D eigenvalue weighted by atomic mass is 35.5. The van der Waals surface area contributed by atoms with Gasteiger partial charge in [0.1, 0.15) is 12.6 Å². The predicted octanol–water partition coefficient (Wildman–Crippen LogP) is 6.30. The summed E-state index contributed by atoms with van der Waals surface area (Å²) in [5, 5.41) is 3.63. The van der Waals surface area contributed by atoms with Gasteiger partial charge in [-0.05, 0) is 47.2 Å². The largest absolute Gasteiger partial charge is 0.354 e. The summed E-state index contributed by atoms with van der Waals surface area (Å²) in [6, 6.07) is 20.5. The highest BCUT2D eigenvalue weighted by molar-refractivity contribution is 7.92. The summed E-state index contributed by atoms with van der Waals surface area (Å²) in [6.45, 7) is 7.86. The van der Waals surface area contributed by atoms with Gasteiger partial charge in [-0.3, -0.25) is 13.9 Å². The van der Waals surface area contributed by atoms with Crippen LogP contribution in [0.25, 0.3) is 0 Å². The normalized spacial score (nSPS) is 12.3. The number of nitrogens with one attached hydrogen (secondary N) is 1. The Morgan fingerprint density at radius 3 is 1.98 bits per heavy atom. The zero-order chi connectivity index (χ0) is 31.0. The van der Waals surface area contributed by atoms with Crippen molar-refractivity contribution in [3.63, 3.8) is 0 Å². The zero-order valence-corrected chi connectivity index (χ0v) is 27.0. The van der Waals surface area contributed by atoms with Crippen molar-refractivity contribution >= 4 is 50.7 Å². The highest BCUT2D eigenvalue weighted by Crippen LogP contribution is 2.28. The van der Waals surface area contributed by atoms with Crippen molar-refractivity contribution in [2.24, 2.45) is 5.92 Å². The number of amides is 2. The molecule has 0 fully saturated rings. The molecule has 1 N–H and O–H groups in total. The molecule has 0 aromatic heterocycles. The average molecular weight is 633 g/mol. The summed E-state index contributed by atoms with van der Waals surface area (Å²) in [6.07, 6.45) is 1.27. The molecule has 10 heteroatoms. The van der Waals surface area contributed by atoms with Crippen molar-refractivity contribution < 1.29 is 18.0 Å². The average Bonchev–Trinajstić information content (AvgIpc) is 2.93. The van der Waals surface area contributed by atoms with Crippen LogP contribution in [0, 0.1) is 5.92 Å². The van der Waals surface area contributed by atoms with Gasteiger partial charge in [-0.15, -0.1) is 0 Å². The van der Waals surface area contributed by atoms with Gasteiger partial charge in [-0.2, -0.15) is 0 Å². The summed E-state index contributed by atoms with van der Waals surface area (Å²) < 4.78 is 27.0. The van der Waals surface area contributed by atoms with Crippen LogP contribution in [0.2, 0.25) is 10.0 Å². The first-order valence-electron chi connectivity index (χ1n) is 13.9. The lowest BCUT2D eigenvalue weighted by Crippen LogP contribution is -2.53. The molecule has 3 rings (SSSR count). The molecule has 7 nitrogen and oxygen atoms in total. The molecule has 42 heavy (non-hydrogen) atoms. The van der Waals surface area contributed by atoms with E-state index in [-0.39, 0.29) is 30.7 Å². The van der Waals surface area contributed by atoms with E-state index in [1.807, 2.05) is 70.2 Å². The number of sulfonamides is 1. The van der Waals surface area contributed by atoms with Crippen molar-refractivity contribution in [1.82, 2.24) is 10.2 Å². The minimum absolute atomic E-state index is 0.0895. The van der Waals surface area contributed by atoms with E-state index in [1.54, 1.807) is 30.3 Å². The molecule has 0 saturated carbocycles. The van der Waals surface area contributed by atoms with E-state index in [9.17, 15) is 18.0 Å². The van der Waals surface area contributed by atoms with Gasteiger partial charge in [0.15, 0.2) is 0 Å². The third-order valence-corrected chi connectivity index (χ3v) is 8.72. The number of rotatable bonds is 13. The van der Waals surface area contributed by atoms with Crippen LogP contribution in [0.15, 0.2) is 72.8 Å². The summed E-state index contributed by atoms with van der Waals surface area (Å²) >= 11 is 13.0. The maximum Gasteiger partial charge on any atom is 0.244 e. The van der Waals surface area contributed by atoms with E-state index in [2.05, 4.69) is 5.32 Å². The van der Waals surface area contributed by atoms with Gasteiger partial charge in [0.2, 0.25) is 21.8 Å². The van der Waals surface area contributed by atoms with Gasteiger partial charge in [0.05, 0.1) is 11.9 Å². The second-order valence-electron chi connectivity index (χ2n) is 11.1. The lowest BCUT2D eigenvalue weighted by molar-refractivity contribution is -0.140. The second kappa shape index (κ2) is 14.9. The van der Waals surface area contributed by atoms with E-state index in [0.717, 1.165) is 21.7 Å². The van der Waals surface area contributed by atoms with Crippen LogP contribution in [-0.2, 0) is 32.6 Å². The van der Waals surface area contributed by atoms with E-state index < -0.39 is 28.5 Å². The van der Waals surface area contributed by atoms with Gasteiger partial charge in [0.25, 0.3) is 0 Å². The van der Waals surface area contributed by atoms with E-state index >= 15 is 0 Å². The summed E-state index contributed by atoms with van der Waals surface area (Å²) in [5.41, 5.74) is 2.71. The fraction of sp³-hybridized carbons (Fsp3) is 0.375. The molecule has 3 aromatic rings. The van der Waals surface area contributed by atoms with Gasteiger partial charge in [-0.25, -0.2) is 8.42 Å². The van der Waals surface area contributed by atoms with Crippen molar-refractivity contribution in [3.8, 4) is 0 Å². The molecule has 0 radical (unpaired) electrons. The maximum absolute atomic E-state index is 14.2. The molecule has 1 unspecified atom stereocenters. The molecule has 2 amide bonds. The first-order valence-corrected chi connectivity index (χ1v) is 16.5. The Kier molecular flexibility index (Phi) is 11.9. The SMILES string of the molecule is CC(C)CNC(=O)C(Cc1ccccc1)N(Cc1c(Cl)cccc1Cl)C(=O)CN(c1ccc(C(C)C)cc1)S(C)(=O)=O. The quantitative estimate of drug-likeness (QED) is 0.240. The molecule has 0 saturated heterocycles. The minimum atomic E-state index is -3.86. The topological polar surface area (TPSA) is 86.8 Å². The van der Waals surface area contributed by atoms with Crippen LogP contribution < -0.4 is 9.62 Å². The Bertz CT molecular complexity index is 1440. The Labute approximate surface area is 259 Å². The number of nitrogens with zero attached hydrogens (tertiary/aromatic N) is 2. The van der Waals surface area contributed by atoms with Crippen LogP contribution in [0.3, 0.4) is 0 Å². The molecule has 1 atom stereocenters. The second-order valence-corrected chi connectivity index (χ2v) is 13.8. The van der Waals surface area contributed by atoms with Gasteiger partial charge >= 0.3 is 0 Å². The Morgan fingerprint density at radius 1 is 0.857 bits per heavy atom. The summed E-state index contributed by atoms with van der Waals surface area (Å²) in [7, 11) is -3.86. The molecule has 0 aliphatic rings. The Morgan fingerprint density at radius 2 is 1.45 bits per heavy atom. The maximum atomic E-state index is 14.2. The third-order valence-electron chi connectivity index (χ3n) is 6.87. The van der Waals surface area contributed by atoms with Crippen LogP contribution in [-0.4, -0.2) is 50.5 Å². The van der Waals surface area contributed by atoms with Crippen molar-refractivity contribution in [1.29, 1.82) is 0 Å². The summed E-state index contributed by atoms with van der Waals surface area (Å²) in [4.78, 5) is 29.3. The monoisotopic (exact) mass is 631 g/mol. The van der Waals surface area contributed by atoms with Gasteiger partial charge in [0, 0.05) is 35.1 Å². The smallest absolute Gasteiger partial charge is 0.244 e.